The smallest absolute Gasteiger partial charge is 0.353 e. The maximum Gasteiger partial charge on any atom is 0.353 e. The Kier molecular flexibility index (Phi) is 7.90. The van der Waals surface area contributed by atoms with Crippen LogP contribution in [0.1, 0.15) is 32.0 Å². The van der Waals surface area contributed by atoms with Gasteiger partial charge in [-0.2, -0.15) is 0 Å². The van der Waals surface area contributed by atoms with Crippen LogP contribution in [0.5, 0.6) is 5.75 Å². The van der Waals surface area contributed by atoms with Crippen molar-refractivity contribution in [2.24, 2.45) is 0 Å². The Morgan fingerprint density at radius 3 is 2.60 bits per heavy atom. The monoisotopic (exact) mass is 663 g/mol. The van der Waals surface area contributed by atoms with Crippen molar-refractivity contribution >= 4 is 74.9 Å². The molecule has 3 aromatic heterocycles. The first-order valence-corrected chi connectivity index (χ1v) is 15.4. The molecule has 4 aromatic rings. The number of aromatic nitrogens is 4. The number of phenolic OH excluding ortho intramolecular Hbond substituents is 1. The topological polar surface area (TPSA) is 208 Å². The SMILES string of the molecule is Cc1nnc(C(=S)C2=C(C(=O)O)N3C(=O)C(NC(=O)C(NC(=O)c4c[nH]c5cccnc5c4=O)c4ccc(O)cc4)[C@@H]3SC2)s1. The summed E-state index contributed by atoms with van der Waals surface area (Å²) in [7, 11) is 0. The van der Waals surface area contributed by atoms with Crippen molar-refractivity contribution in [3.63, 3.8) is 0 Å². The number of nitrogens with zero attached hydrogens (tertiary/aromatic N) is 4. The third kappa shape index (κ3) is 5.45. The Morgan fingerprint density at radius 1 is 1.16 bits per heavy atom. The van der Waals surface area contributed by atoms with Crippen molar-refractivity contribution < 1.29 is 29.4 Å². The molecule has 228 valence electrons. The van der Waals surface area contributed by atoms with Gasteiger partial charge in [0.15, 0.2) is 5.01 Å². The van der Waals surface area contributed by atoms with Gasteiger partial charge in [0, 0.05) is 23.7 Å². The maximum atomic E-state index is 13.7. The van der Waals surface area contributed by atoms with Gasteiger partial charge in [0.2, 0.25) is 11.3 Å². The van der Waals surface area contributed by atoms with Crippen molar-refractivity contribution in [1.82, 2.24) is 35.7 Å². The first-order chi connectivity index (χ1) is 21.5. The molecule has 3 amide bonds. The number of H-pyrrole nitrogens is 1. The van der Waals surface area contributed by atoms with Gasteiger partial charge in [0.05, 0.1) is 10.4 Å². The van der Waals surface area contributed by atoms with E-state index in [1.807, 2.05) is 0 Å². The highest BCUT2D eigenvalue weighted by molar-refractivity contribution is 8.00. The zero-order valence-electron chi connectivity index (χ0n) is 23.0. The number of carbonyl (C=O) groups is 4. The molecule has 2 aliphatic rings. The number of carbonyl (C=O) groups excluding carboxylic acids is 3. The number of thiocarbonyl (C=S) groups is 1. The number of amides is 3. The van der Waals surface area contributed by atoms with Crippen molar-refractivity contribution in [3.05, 3.63) is 91.4 Å². The number of β-lactam (4-membered cyclic amide) rings is 1. The molecule has 0 spiro atoms. The number of hydrogen-bond acceptors (Lipinski definition) is 12. The number of aryl methyl sites for hydroxylation is 1. The van der Waals surface area contributed by atoms with Crippen molar-refractivity contribution in [2.75, 3.05) is 5.75 Å². The van der Waals surface area contributed by atoms with Gasteiger partial charge in [-0.25, -0.2) is 4.79 Å². The van der Waals surface area contributed by atoms with Crippen LogP contribution in [0.3, 0.4) is 0 Å². The van der Waals surface area contributed by atoms with Gasteiger partial charge in [-0.1, -0.05) is 35.7 Å². The van der Waals surface area contributed by atoms with Crippen LogP contribution < -0.4 is 16.1 Å². The molecule has 2 unspecified atom stereocenters. The van der Waals surface area contributed by atoms with Gasteiger partial charge < -0.3 is 25.8 Å². The molecule has 1 saturated heterocycles. The third-order valence-corrected chi connectivity index (χ3v) is 9.82. The molecule has 0 saturated carbocycles. The zero-order chi connectivity index (χ0) is 32.0. The fourth-order valence-electron chi connectivity index (χ4n) is 4.94. The van der Waals surface area contributed by atoms with E-state index in [1.165, 1.54) is 59.8 Å². The van der Waals surface area contributed by atoms with E-state index in [2.05, 4.69) is 30.8 Å². The summed E-state index contributed by atoms with van der Waals surface area (Å²) in [6.07, 6.45) is 2.62. The maximum absolute atomic E-state index is 13.7. The zero-order valence-corrected chi connectivity index (χ0v) is 25.5. The van der Waals surface area contributed by atoms with Crippen LogP contribution in [0, 0.1) is 6.92 Å². The molecule has 17 heteroatoms. The highest BCUT2D eigenvalue weighted by atomic mass is 32.2. The number of carboxylic acid groups (broad SMARTS) is 1. The van der Waals surface area contributed by atoms with Crippen LogP contribution >= 0.6 is 35.3 Å². The van der Waals surface area contributed by atoms with E-state index in [9.17, 15) is 34.2 Å². The summed E-state index contributed by atoms with van der Waals surface area (Å²) < 4.78 is 0. The number of carboxylic acids is 1. The minimum atomic E-state index is -1.40. The highest BCUT2D eigenvalue weighted by Gasteiger charge is 2.55. The van der Waals surface area contributed by atoms with E-state index in [0.29, 0.717) is 15.5 Å². The number of fused-ring (bicyclic) bond motifs is 2. The number of thioether (sulfide) groups is 1. The number of hydrogen-bond donors (Lipinski definition) is 5. The Balaban J connectivity index is 1.25. The third-order valence-electron chi connectivity index (χ3n) is 7.11. The number of aromatic hydroxyl groups is 1. The lowest BCUT2D eigenvalue weighted by Crippen LogP contribution is -2.71. The molecule has 3 atom stereocenters. The molecule has 0 bridgehead atoms. The molecule has 1 aromatic carbocycles. The van der Waals surface area contributed by atoms with E-state index in [0.717, 1.165) is 4.90 Å². The molecule has 14 nitrogen and oxygen atoms in total. The van der Waals surface area contributed by atoms with Gasteiger partial charge >= 0.3 is 5.97 Å². The summed E-state index contributed by atoms with van der Waals surface area (Å²) in [4.78, 5) is 73.7. The molecule has 6 rings (SSSR count). The predicted molar refractivity (Wildman–Crippen MR) is 167 cm³/mol. The summed E-state index contributed by atoms with van der Waals surface area (Å²) >= 11 is 7.91. The quantitative estimate of drug-likeness (QED) is 0.103. The molecular weight excluding hydrogens is 643 g/mol. The molecular formula is C28H21N7O7S3. The number of benzene rings is 1. The Bertz CT molecular complexity index is 2010. The molecule has 0 aliphatic carbocycles. The number of rotatable bonds is 8. The van der Waals surface area contributed by atoms with Crippen molar-refractivity contribution in [3.8, 4) is 5.75 Å². The van der Waals surface area contributed by atoms with Gasteiger partial charge in [-0.3, -0.25) is 29.1 Å². The Morgan fingerprint density at radius 2 is 1.91 bits per heavy atom. The number of nitrogens with one attached hydrogen (secondary N) is 3. The predicted octanol–water partition coefficient (Wildman–Crippen LogP) is 1.42. The van der Waals surface area contributed by atoms with Crippen LogP contribution in [0.4, 0.5) is 0 Å². The van der Waals surface area contributed by atoms with Crippen molar-refractivity contribution in [2.45, 2.75) is 24.4 Å². The fourth-order valence-corrected chi connectivity index (χ4v) is 7.38. The number of phenols is 1. The summed E-state index contributed by atoms with van der Waals surface area (Å²) in [5.41, 5.74) is -0.288. The van der Waals surface area contributed by atoms with E-state index in [4.69, 9.17) is 12.2 Å². The molecule has 45 heavy (non-hydrogen) atoms. The molecule has 0 radical (unpaired) electrons. The second-order valence-electron chi connectivity index (χ2n) is 9.91. The van der Waals surface area contributed by atoms with Crippen LogP contribution in [0.2, 0.25) is 0 Å². The van der Waals surface area contributed by atoms with E-state index >= 15 is 0 Å². The second kappa shape index (κ2) is 11.8. The Hall–Kier alpha value is -5.00. The number of aliphatic carboxylic acids is 1. The van der Waals surface area contributed by atoms with Crippen LogP contribution in [0.15, 0.2) is 64.9 Å². The Labute approximate surface area is 266 Å². The molecule has 5 N–H and O–H groups in total. The summed E-state index contributed by atoms with van der Waals surface area (Å²) in [6.45, 7) is 1.74. The number of pyridine rings is 2. The second-order valence-corrected chi connectivity index (χ2v) is 12.6. The first kappa shape index (κ1) is 30.0. The highest BCUT2D eigenvalue weighted by Crippen LogP contribution is 2.41. The average molecular weight is 664 g/mol. The van der Waals surface area contributed by atoms with Gasteiger partial charge in [-0.05, 0) is 36.8 Å². The molecule has 5 heterocycles. The lowest BCUT2D eigenvalue weighted by Gasteiger charge is -2.49. The van der Waals surface area contributed by atoms with Crippen LogP contribution in [-0.4, -0.2) is 81.0 Å². The summed E-state index contributed by atoms with van der Waals surface area (Å²) in [6, 6.07) is 6.17. The average Bonchev–Trinajstić information content (AvgIpc) is 3.48. The van der Waals surface area contributed by atoms with Gasteiger partial charge in [0.25, 0.3) is 11.8 Å². The van der Waals surface area contributed by atoms with E-state index < -0.39 is 46.6 Å². The number of aromatic amines is 1. The molecule has 1 fully saturated rings. The molecule has 2 aliphatic heterocycles. The normalized spacial score (nSPS) is 18.2. The van der Waals surface area contributed by atoms with Crippen molar-refractivity contribution in [1.29, 1.82) is 0 Å². The van der Waals surface area contributed by atoms with Crippen LogP contribution in [0.25, 0.3) is 11.0 Å². The largest absolute Gasteiger partial charge is 0.508 e. The fraction of sp³-hybridized carbons (Fsp3) is 0.179. The summed E-state index contributed by atoms with van der Waals surface area (Å²) in [5.74, 6) is -3.67. The van der Waals surface area contributed by atoms with Crippen LogP contribution in [-0.2, 0) is 14.4 Å². The summed E-state index contributed by atoms with van der Waals surface area (Å²) in [5, 5.41) is 33.1. The van der Waals surface area contributed by atoms with E-state index in [-0.39, 0.29) is 44.3 Å². The standard InChI is InChI=1S/C28H21N7O7S3/c1-11-33-34-25(45-11)22(43)15-10-44-27-19(26(40)35(27)20(15)28(41)42)32-24(39)17(12-4-6-13(36)7-5-12)31-23(38)14-9-30-16-3-2-8-29-18(16)21(14)37/h2-9,17,19,27,36H,10H2,1H3,(H,30,37)(H,31,38)(H,32,39)(H,41,42)/t17?,19?,27-/m0/s1. The minimum Gasteiger partial charge on any atom is -0.508 e. The minimum absolute atomic E-state index is 0.0349. The lowest BCUT2D eigenvalue weighted by molar-refractivity contribution is -0.150. The first-order valence-electron chi connectivity index (χ1n) is 13.2. The van der Waals surface area contributed by atoms with Gasteiger partial charge in [-0.15, -0.1) is 22.0 Å². The lowest BCUT2D eigenvalue weighted by atomic mass is 9.99. The van der Waals surface area contributed by atoms with Gasteiger partial charge in [0.1, 0.15) is 45.0 Å². The van der Waals surface area contributed by atoms with E-state index in [1.54, 1.807) is 19.1 Å².